The van der Waals surface area contributed by atoms with Gasteiger partial charge in [-0.2, -0.15) is 0 Å². The Hall–Kier alpha value is -2.09. The molecule has 1 atom stereocenters. The smallest absolute Gasteiger partial charge is 0.0945 e. The predicted molar refractivity (Wildman–Crippen MR) is 67.7 cm³/mol. The highest BCUT2D eigenvalue weighted by Crippen LogP contribution is 2.37. The van der Waals surface area contributed by atoms with Crippen LogP contribution in [0.25, 0.3) is 0 Å². The molecule has 1 N–H and O–H groups in total. The Morgan fingerprint density at radius 2 is 1.71 bits per heavy atom. The molecule has 3 rings (SSSR count). The summed E-state index contributed by atoms with van der Waals surface area (Å²) in [5, 5.41) is 12.7. The Morgan fingerprint density at radius 3 is 2.41 bits per heavy atom. The molecule has 1 aliphatic carbocycles. The topological polar surface area (TPSA) is 32.6 Å². The fourth-order valence-corrected chi connectivity index (χ4v) is 2.44. The zero-order valence-corrected chi connectivity index (χ0v) is 9.38. The van der Waals surface area contributed by atoms with Crippen LogP contribution in [0, 0.1) is 0 Å². The second-order valence-corrected chi connectivity index (χ2v) is 4.31. The van der Waals surface area contributed by atoms with Crippen LogP contribution in [0.4, 0.5) is 0 Å². The van der Waals surface area contributed by atoms with Crippen LogP contribution in [0.15, 0.2) is 59.8 Å². The molecule has 0 aromatic heterocycles. The molecule has 0 saturated heterocycles. The van der Waals surface area contributed by atoms with E-state index < -0.39 is 0 Å². The van der Waals surface area contributed by atoms with Gasteiger partial charge >= 0.3 is 0 Å². The molecule has 0 heterocycles. The number of hydrogen-bond donors (Lipinski definition) is 1. The molecule has 0 saturated carbocycles. The number of rotatable bonds is 2. The van der Waals surface area contributed by atoms with Gasteiger partial charge in [-0.3, -0.25) is 0 Å². The number of fused-ring (bicyclic) bond motifs is 1. The van der Waals surface area contributed by atoms with Crippen LogP contribution in [0.1, 0.15) is 22.6 Å². The lowest BCUT2D eigenvalue weighted by atomic mass is 9.73. The Kier molecular flexibility index (Phi) is 2.41. The highest BCUT2D eigenvalue weighted by molar-refractivity contribution is 6.06. The number of nitrogens with zero attached hydrogens (tertiary/aromatic N) is 1. The zero-order valence-electron chi connectivity index (χ0n) is 9.38. The Bertz CT molecular complexity index is 560. The van der Waals surface area contributed by atoms with E-state index in [4.69, 9.17) is 0 Å². The largest absolute Gasteiger partial charge is 0.411 e. The van der Waals surface area contributed by atoms with Crippen LogP contribution in [0.3, 0.4) is 0 Å². The van der Waals surface area contributed by atoms with Gasteiger partial charge in [0.1, 0.15) is 0 Å². The van der Waals surface area contributed by atoms with E-state index in [9.17, 15) is 5.21 Å². The summed E-state index contributed by atoms with van der Waals surface area (Å²) in [6.07, 6.45) is 0.963. The molecule has 0 bridgehead atoms. The first kappa shape index (κ1) is 10.1. The van der Waals surface area contributed by atoms with Crippen molar-refractivity contribution in [2.75, 3.05) is 0 Å². The normalized spacial score (nSPS) is 18.4. The maximum absolute atomic E-state index is 9.23. The van der Waals surface area contributed by atoms with Gasteiger partial charge in [0.2, 0.25) is 0 Å². The third kappa shape index (κ3) is 1.62. The Labute approximate surface area is 100 Å². The third-order valence-corrected chi connectivity index (χ3v) is 3.36. The lowest BCUT2D eigenvalue weighted by molar-refractivity contribution is 0.316. The van der Waals surface area contributed by atoms with Crippen molar-refractivity contribution >= 4 is 5.71 Å². The van der Waals surface area contributed by atoms with Crippen molar-refractivity contribution < 1.29 is 5.21 Å². The monoisotopic (exact) mass is 223 g/mol. The molecule has 1 aliphatic rings. The summed E-state index contributed by atoms with van der Waals surface area (Å²) >= 11 is 0. The maximum Gasteiger partial charge on any atom is 0.0945 e. The first-order chi connectivity index (χ1) is 8.40. The quantitative estimate of drug-likeness (QED) is 0.473. The van der Waals surface area contributed by atoms with Crippen molar-refractivity contribution in [3.05, 3.63) is 71.3 Å². The minimum absolute atomic E-state index is 0.235. The predicted octanol–water partition coefficient (Wildman–Crippen LogP) is 3.20. The van der Waals surface area contributed by atoms with Crippen molar-refractivity contribution in [3.8, 4) is 0 Å². The number of benzene rings is 2. The van der Waals surface area contributed by atoms with Crippen LogP contribution >= 0.6 is 0 Å². The molecule has 2 heteroatoms. The molecule has 0 radical (unpaired) electrons. The third-order valence-electron chi connectivity index (χ3n) is 3.36. The van der Waals surface area contributed by atoms with Crippen molar-refractivity contribution in [2.45, 2.75) is 12.3 Å². The first-order valence-corrected chi connectivity index (χ1v) is 5.75. The van der Waals surface area contributed by atoms with E-state index in [0.717, 1.165) is 17.7 Å². The second-order valence-electron chi connectivity index (χ2n) is 4.31. The molecule has 1 unspecified atom stereocenters. The van der Waals surface area contributed by atoms with Crippen LogP contribution in [0.2, 0.25) is 0 Å². The fourth-order valence-electron chi connectivity index (χ4n) is 2.44. The molecule has 0 fully saturated rings. The van der Waals surface area contributed by atoms with Crippen LogP contribution in [-0.4, -0.2) is 10.9 Å². The molecule has 0 amide bonds. The van der Waals surface area contributed by atoms with E-state index in [-0.39, 0.29) is 5.92 Å². The molecule has 0 aliphatic heterocycles. The van der Waals surface area contributed by atoms with Gasteiger partial charge in [0.05, 0.1) is 5.71 Å². The van der Waals surface area contributed by atoms with Crippen molar-refractivity contribution in [3.63, 3.8) is 0 Å². The summed E-state index contributed by atoms with van der Waals surface area (Å²) in [5.74, 6) is 0.235. The minimum atomic E-state index is 0.235. The van der Waals surface area contributed by atoms with Crippen LogP contribution < -0.4 is 0 Å². The molecule has 2 aromatic rings. The molecule has 0 spiro atoms. The summed E-state index contributed by atoms with van der Waals surface area (Å²) in [5.41, 5.74) is 4.40. The van der Waals surface area contributed by atoms with Gasteiger partial charge in [0.15, 0.2) is 0 Å². The fraction of sp³-hybridized carbons (Fsp3) is 0.133. The van der Waals surface area contributed by atoms with E-state index >= 15 is 0 Å². The van der Waals surface area contributed by atoms with Gasteiger partial charge in [-0.15, -0.1) is 0 Å². The molecular weight excluding hydrogens is 210 g/mol. The average Bonchev–Trinajstić information content (AvgIpc) is 2.37. The molecule has 2 aromatic carbocycles. The van der Waals surface area contributed by atoms with Gasteiger partial charge in [-0.05, 0) is 23.1 Å². The molecular formula is C15H13NO. The van der Waals surface area contributed by atoms with Gasteiger partial charge < -0.3 is 5.21 Å². The number of hydrogen-bond acceptors (Lipinski definition) is 2. The summed E-state index contributed by atoms with van der Waals surface area (Å²) in [4.78, 5) is 0. The summed E-state index contributed by atoms with van der Waals surface area (Å²) in [6.45, 7) is 0. The number of oxime groups is 1. The Balaban J connectivity index is 1.96. The van der Waals surface area contributed by atoms with Gasteiger partial charge in [0.25, 0.3) is 0 Å². The van der Waals surface area contributed by atoms with E-state index in [2.05, 4.69) is 17.3 Å². The van der Waals surface area contributed by atoms with Crippen LogP contribution in [0.5, 0.6) is 0 Å². The van der Waals surface area contributed by atoms with Crippen LogP contribution in [-0.2, 0) is 6.42 Å². The summed E-state index contributed by atoms with van der Waals surface area (Å²) in [7, 11) is 0. The molecule has 17 heavy (non-hydrogen) atoms. The lowest BCUT2D eigenvalue weighted by Gasteiger charge is -2.30. The Morgan fingerprint density at radius 1 is 1.00 bits per heavy atom. The van der Waals surface area contributed by atoms with E-state index in [0.29, 0.717) is 0 Å². The SMILES string of the molecule is O/N=C(\c1ccccc1)C1Cc2ccccc21. The molecule has 84 valence electrons. The maximum atomic E-state index is 9.23. The van der Waals surface area contributed by atoms with Gasteiger partial charge in [-0.1, -0.05) is 59.8 Å². The summed E-state index contributed by atoms with van der Waals surface area (Å²) in [6, 6.07) is 18.2. The van der Waals surface area contributed by atoms with Crippen molar-refractivity contribution in [1.82, 2.24) is 0 Å². The standard InChI is InChI=1S/C15H13NO/c17-16-15(11-6-2-1-3-7-11)14-10-12-8-4-5-9-13(12)14/h1-9,14,17H,10H2/b16-15+. The van der Waals surface area contributed by atoms with Crippen molar-refractivity contribution in [2.24, 2.45) is 5.16 Å². The molecule has 2 nitrogen and oxygen atoms in total. The first-order valence-electron chi connectivity index (χ1n) is 5.75. The minimum Gasteiger partial charge on any atom is -0.411 e. The summed E-state index contributed by atoms with van der Waals surface area (Å²) < 4.78 is 0. The van der Waals surface area contributed by atoms with Gasteiger partial charge in [-0.25, -0.2) is 0 Å². The van der Waals surface area contributed by atoms with E-state index in [1.165, 1.54) is 11.1 Å². The highest BCUT2D eigenvalue weighted by Gasteiger charge is 2.30. The zero-order chi connectivity index (χ0) is 11.7. The van der Waals surface area contributed by atoms with E-state index in [1.54, 1.807) is 0 Å². The van der Waals surface area contributed by atoms with E-state index in [1.807, 2.05) is 42.5 Å². The highest BCUT2D eigenvalue weighted by atomic mass is 16.4. The van der Waals surface area contributed by atoms with Crippen molar-refractivity contribution in [1.29, 1.82) is 0 Å². The van der Waals surface area contributed by atoms with Gasteiger partial charge in [0, 0.05) is 5.92 Å². The second kappa shape index (κ2) is 4.06. The average molecular weight is 223 g/mol. The lowest BCUT2D eigenvalue weighted by Crippen LogP contribution is -2.26.